The number of nitrogens with zero attached hydrogens (tertiary/aromatic N) is 2. The van der Waals surface area contributed by atoms with Gasteiger partial charge in [-0.2, -0.15) is 0 Å². The predicted molar refractivity (Wildman–Crippen MR) is 111 cm³/mol. The Labute approximate surface area is 176 Å². The zero-order valence-electron chi connectivity index (χ0n) is 15.4. The average molecular weight is 435 g/mol. The van der Waals surface area contributed by atoms with Crippen LogP contribution in [0.4, 0.5) is 0 Å². The zero-order valence-corrected chi connectivity index (χ0v) is 17.7. The summed E-state index contributed by atoms with van der Waals surface area (Å²) < 4.78 is 0. The van der Waals surface area contributed by atoms with Gasteiger partial charge in [-0.05, 0) is 57.0 Å². The fraction of sp³-hybridized carbons (Fsp3) is 0.579. The van der Waals surface area contributed by atoms with Crippen molar-refractivity contribution in [2.24, 2.45) is 5.92 Å². The van der Waals surface area contributed by atoms with E-state index in [0.717, 1.165) is 38.8 Å². The second-order valence-corrected chi connectivity index (χ2v) is 7.96. The monoisotopic (exact) mass is 433 g/mol. The van der Waals surface area contributed by atoms with Crippen molar-refractivity contribution in [2.45, 2.75) is 31.7 Å². The normalized spacial score (nSPS) is 20.7. The minimum atomic E-state index is -0.129. The number of halogens is 3. The summed E-state index contributed by atoms with van der Waals surface area (Å²) in [7, 11) is 1.90. The highest BCUT2D eigenvalue weighted by atomic mass is 35.5. The molecule has 0 aliphatic carbocycles. The molecule has 0 aromatic heterocycles. The molecule has 3 rings (SSSR count). The van der Waals surface area contributed by atoms with Crippen LogP contribution >= 0.6 is 35.6 Å². The van der Waals surface area contributed by atoms with E-state index in [1.54, 1.807) is 23.1 Å². The quantitative estimate of drug-likeness (QED) is 0.792. The molecule has 1 atom stereocenters. The predicted octanol–water partition coefficient (Wildman–Crippen LogP) is 3.48. The van der Waals surface area contributed by atoms with Crippen molar-refractivity contribution < 1.29 is 9.59 Å². The van der Waals surface area contributed by atoms with Crippen molar-refractivity contribution in [3.05, 3.63) is 33.8 Å². The molecule has 5 nitrogen and oxygen atoms in total. The third-order valence-electron chi connectivity index (χ3n) is 5.43. The summed E-state index contributed by atoms with van der Waals surface area (Å²) in [4.78, 5) is 29.4. The number of carbonyl (C=O) groups excluding carboxylic acids is 2. The fourth-order valence-corrected chi connectivity index (χ4v) is 4.13. The van der Waals surface area contributed by atoms with Crippen LogP contribution in [0.5, 0.6) is 0 Å². The molecule has 1 aromatic carbocycles. The van der Waals surface area contributed by atoms with Crippen molar-refractivity contribution in [1.29, 1.82) is 0 Å². The Hall–Kier alpha value is -1.01. The van der Waals surface area contributed by atoms with E-state index in [2.05, 4.69) is 5.32 Å². The largest absolute Gasteiger partial charge is 0.342 e. The van der Waals surface area contributed by atoms with Crippen molar-refractivity contribution in [3.8, 4) is 0 Å². The first-order valence-corrected chi connectivity index (χ1v) is 9.94. The van der Waals surface area contributed by atoms with Crippen molar-refractivity contribution in [1.82, 2.24) is 15.1 Å². The SMILES string of the molecule is CN(C(=O)C1CCCN(C(=O)c2ccc(Cl)c(Cl)c2)C1)C1CCNCC1.Cl. The highest BCUT2D eigenvalue weighted by Crippen LogP contribution is 2.26. The number of hydrogen-bond acceptors (Lipinski definition) is 3. The summed E-state index contributed by atoms with van der Waals surface area (Å²) in [6, 6.07) is 5.21. The molecular formula is C19H26Cl3N3O2. The van der Waals surface area contributed by atoms with E-state index in [-0.39, 0.29) is 30.1 Å². The van der Waals surface area contributed by atoms with E-state index in [1.165, 1.54) is 0 Å². The van der Waals surface area contributed by atoms with E-state index in [0.29, 0.717) is 34.7 Å². The molecule has 1 aromatic rings. The maximum atomic E-state index is 12.9. The van der Waals surface area contributed by atoms with Crippen LogP contribution in [0.3, 0.4) is 0 Å². The van der Waals surface area contributed by atoms with Gasteiger partial charge in [-0.25, -0.2) is 0 Å². The topological polar surface area (TPSA) is 52.7 Å². The third-order valence-corrected chi connectivity index (χ3v) is 6.17. The smallest absolute Gasteiger partial charge is 0.253 e. The van der Waals surface area contributed by atoms with Crippen LogP contribution < -0.4 is 5.32 Å². The number of hydrogen-bond donors (Lipinski definition) is 1. The first-order valence-electron chi connectivity index (χ1n) is 9.19. The summed E-state index contributed by atoms with van der Waals surface area (Å²) in [5.41, 5.74) is 0.513. The zero-order chi connectivity index (χ0) is 18.7. The summed E-state index contributed by atoms with van der Waals surface area (Å²) in [5, 5.41) is 4.12. The van der Waals surface area contributed by atoms with Gasteiger partial charge in [-0.1, -0.05) is 23.2 Å². The van der Waals surface area contributed by atoms with E-state index < -0.39 is 0 Å². The Morgan fingerprint density at radius 2 is 1.85 bits per heavy atom. The standard InChI is InChI=1S/C19H25Cl2N3O2.ClH/c1-23(15-6-8-22-9-7-15)18(25)14-3-2-10-24(12-14)19(26)13-4-5-16(20)17(21)11-13;/h4-5,11,14-15,22H,2-3,6-10,12H2,1H3;1H. The molecule has 2 aliphatic rings. The van der Waals surface area contributed by atoms with Gasteiger partial charge in [0.05, 0.1) is 16.0 Å². The van der Waals surface area contributed by atoms with Gasteiger partial charge in [-0.15, -0.1) is 12.4 Å². The lowest BCUT2D eigenvalue weighted by Crippen LogP contribution is -2.50. The van der Waals surface area contributed by atoms with Crippen molar-refractivity contribution in [3.63, 3.8) is 0 Å². The van der Waals surface area contributed by atoms with Crippen LogP contribution in [0.2, 0.25) is 10.0 Å². The third kappa shape index (κ3) is 5.29. The number of piperidine rings is 2. The molecule has 2 fully saturated rings. The Balaban J connectivity index is 0.00000261. The molecule has 27 heavy (non-hydrogen) atoms. The molecule has 0 bridgehead atoms. The maximum absolute atomic E-state index is 12.9. The molecule has 150 valence electrons. The molecule has 0 saturated carbocycles. The molecule has 2 heterocycles. The highest BCUT2D eigenvalue weighted by molar-refractivity contribution is 6.42. The van der Waals surface area contributed by atoms with Crippen molar-refractivity contribution >= 4 is 47.4 Å². The number of nitrogens with one attached hydrogen (secondary N) is 1. The molecule has 0 radical (unpaired) electrons. The van der Waals surface area contributed by atoms with Crippen molar-refractivity contribution in [2.75, 3.05) is 33.2 Å². The Bertz CT molecular complexity index is 680. The lowest BCUT2D eigenvalue weighted by Gasteiger charge is -2.37. The summed E-state index contributed by atoms with van der Waals surface area (Å²) in [6.45, 7) is 3.04. The van der Waals surface area contributed by atoms with Crippen LogP contribution in [-0.4, -0.2) is 60.9 Å². The van der Waals surface area contributed by atoms with E-state index in [4.69, 9.17) is 23.2 Å². The van der Waals surface area contributed by atoms with E-state index in [1.807, 2.05) is 11.9 Å². The van der Waals surface area contributed by atoms with E-state index >= 15 is 0 Å². The first-order chi connectivity index (χ1) is 12.5. The molecular weight excluding hydrogens is 409 g/mol. The summed E-state index contributed by atoms with van der Waals surface area (Å²) in [6.07, 6.45) is 3.64. The van der Waals surface area contributed by atoms with Gasteiger partial charge >= 0.3 is 0 Å². The second kappa shape index (κ2) is 9.97. The van der Waals surface area contributed by atoms with Crippen LogP contribution in [0.15, 0.2) is 18.2 Å². The summed E-state index contributed by atoms with van der Waals surface area (Å²) >= 11 is 12.0. The molecule has 1 N–H and O–H groups in total. The number of amides is 2. The first kappa shape index (κ1) is 22.3. The van der Waals surface area contributed by atoms with Gasteiger partial charge in [0.1, 0.15) is 0 Å². The maximum Gasteiger partial charge on any atom is 0.253 e. The minimum Gasteiger partial charge on any atom is -0.342 e. The van der Waals surface area contributed by atoms with Gasteiger partial charge in [0.25, 0.3) is 5.91 Å². The van der Waals surface area contributed by atoms with Crippen LogP contribution in [0, 0.1) is 5.92 Å². The van der Waals surface area contributed by atoms with Crippen LogP contribution in [0.1, 0.15) is 36.0 Å². The van der Waals surface area contributed by atoms with Gasteiger partial charge in [-0.3, -0.25) is 9.59 Å². The fourth-order valence-electron chi connectivity index (χ4n) is 3.84. The Kier molecular flexibility index (Phi) is 8.22. The Morgan fingerprint density at radius 3 is 2.52 bits per heavy atom. The molecule has 8 heteroatoms. The number of carbonyl (C=O) groups is 2. The number of likely N-dealkylation sites (tertiary alicyclic amines) is 1. The highest BCUT2D eigenvalue weighted by Gasteiger charge is 2.33. The summed E-state index contributed by atoms with van der Waals surface area (Å²) in [5.74, 6) is -0.0653. The van der Waals surface area contributed by atoms with E-state index in [9.17, 15) is 9.59 Å². The molecule has 2 saturated heterocycles. The minimum absolute atomic E-state index is 0. The average Bonchev–Trinajstić information content (AvgIpc) is 2.69. The molecule has 0 spiro atoms. The lowest BCUT2D eigenvalue weighted by molar-refractivity contribution is -0.138. The van der Waals surface area contributed by atoms with Gasteiger partial charge in [0.15, 0.2) is 0 Å². The number of benzene rings is 1. The Morgan fingerprint density at radius 1 is 1.15 bits per heavy atom. The van der Waals surface area contributed by atoms with Crippen LogP contribution in [-0.2, 0) is 4.79 Å². The van der Waals surface area contributed by atoms with Gasteiger partial charge in [0.2, 0.25) is 5.91 Å². The molecule has 2 aliphatic heterocycles. The van der Waals surface area contributed by atoms with Gasteiger partial charge in [0, 0.05) is 31.7 Å². The second-order valence-electron chi connectivity index (χ2n) is 7.15. The molecule has 1 unspecified atom stereocenters. The van der Waals surface area contributed by atoms with Crippen LogP contribution in [0.25, 0.3) is 0 Å². The lowest BCUT2D eigenvalue weighted by atomic mass is 9.94. The molecule has 2 amide bonds. The van der Waals surface area contributed by atoms with Gasteiger partial charge < -0.3 is 15.1 Å². The number of rotatable bonds is 3.